The predicted octanol–water partition coefficient (Wildman–Crippen LogP) is 1.30. The van der Waals surface area contributed by atoms with Crippen molar-refractivity contribution < 1.29 is 9.63 Å². The first-order valence-electron chi connectivity index (χ1n) is 3.79. The molecule has 0 aliphatic carbocycles. The molecule has 1 atom stereocenters. The molecule has 0 saturated carbocycles. The van der Waals surface area contributed by atoms with Gasteiger partial charge in [0.1, 0.15) is 5.76 Å². The molecule has 0 aromatic carbocycles. The lowest BCUT2D eigenvalue weighted by Gasteiger charge is -1.98. The number of aliphatic hydroxyl groups is 1. The Bertz CT molecular complexity index is 218. The minimum atomic E-state index is -0.264. The fourth-order valence-electron chi connectivity index (χ4n) is 0.885. The Labute approximate surface area is 66.0 Å². The molecule has 0 aliphatic heterocycles. The highest BCUT2D eigenvalue weighted by molar-refractivity contribution is 5.02. The van der Waals surface area contributed by atoms with Gasteiger partial charge in [0.15, 0.2) is 0 Å². The molecule has 1 aromatic heterocycles. The summed E-state index contributed by atoms with van der Waals surface area (Å²) >= 11 is 0. The summed E-state index contributed by atoms with van der Waals surface area (Å²) < 4.78 is 4.95. The molecule has 1 rings (SSSR count). The van der Waals surface area contributed by atoms with Crippen molar-refractivity contribution in [3.05, 3.63) is 17.5 Å². The standard InChI is InChI=1S/C8H13NO2/c1-6-5-8(11-9-6)4-3-7(2)10/h5,7,10H,3-4H2,1-2H3/t7-/m0/s1. The van der Waals surface area contributed by atoms with Gasteiger partial charge in [-0.15, -0.1) is 0 Å². The molecular weight excluding hydrogens is 142 g/mol. The van der Waals surface area contributed by atoms with Gasteiger partial charge in [-0.1, -0.05) is 5.16 Å². The van der Waals surface area contributed by atoms with E-state index in [4.69, 9.17) is 9.63 Å². The topological polar surface area (TPSA) is 46.3 Å². The van der Waals surface area contributed by atoms with Crippen molar-refractivity contribution >= 4 is 0 Å². The van der Waals surface area contributed by atoms with Crippen LogP contribution < -0.4 is 0 Å². The van der Waals surface area contributed by atoms with Crippen molar-refractivity contribution in [2.75, 3.05) is 0 Å². The van der Waals surface area contributed by atoms with Gasteiger partial charge in [0.2, 0.25) is 0 Å². The van der Waals surface area contributed by atoms with Gasteiger partial charge in [-0.2, -0.15) is 0 Å². The average Bonchev–Trinajstić information content (AvgIpc) is 2.31. The maximum Gasteiger partial charge on any atom is 0.137 e. The molecule has 0 saturated heterocycles. The smallest absolute Gasteiger partial charge is 0.137 e. The first-order chi connectivity index (χ1) is 5.18. The second-order valence-corrected chi connectivity index (χ2v) is 2.82. The van der Waals surface area contributed by atoms with E-state index >= 15 is 0 Å². The molecule has 1 aromatic rings. The zero-order valence-corrected chi connectivity index (χ0v) is 6.87. The van der Waals surface area contributed by atoms with E-state index < -0.39 is 0 Å². The molecule has 0 amide bonds. The van der Waals surface area contributed by atoms with Crippen LogP contribution >= 0.6 is 0 Å². The Hall–Kier alpha value is -0.830. The van der Waals surface area contributed by atoms with E-state index in [9.17, 15) is 0 Å². The van der Waals surface area contributed by atoms with Gasteiger partial charge in [-0.3, -0.25) is 0 Å². The normalized spacial score (nSPS) is 13.4. The molecule has 11 heavy (non-hydrogen) atoms. The lowest BCUT2D eigenvalue weighted by atomic mass is 10.2. The first-order valence-corrected chi connectivity index (χ1v) is 3.79. The zero-order chi connectivity index (χ0) is 8.27. The third-order valence-corrected chi connectivity index (χ3v) is 1.49. The number of aromatic nitrogens is 1. The summed E-state index contributed by atoms with van der Waals surface area (Å²) in [6, 6.07) is 1.89. The zero-order valence-electron chi connectivity index (χ0n) is 6.87. The van der Waals surface area contributed by atoms with Crippen LogP contribution in [0.1, 0.15) is 24.8 Å². The van der Waals surface area contributed by atoms with Crippen LogP contribution in [0.2, 0.25) is 0 Å². The molecule has 1 heterocycles. The number of aryl methyl sites for hydroxylation is 2. The van der Waals surface area contributed by atoms with E-state index in [2.05, 4.69) is 5.16 Å². The van der Waals surface area contributed by atoms with Crippen LogP contribution in [0.4, 0.5) is 0 Å². The van der Waals surface area contributed by atoms with E-state index in [0.717, 1.165) is 24.3 Å². The van der Waals surface area contributed by atoms with Gasteiger partial charge < -0.3 is 9.63 Å². The van der Waals surface area contributed by atoms with Crippen molar-refractivity contribution in [2.24, 2.45) is 0 Å². The van der Waals surface area contributed by atoms with Crippen LogP contribution in [-0.4, -0.2) is 16.4 Å². The third kappa shape index (κ3) is 2.72. The van der Waals surface area contributed by atoms with Crippen molar-refractivity contribution in [1.82, 2.24) is 5.16 Å². The van der Waals surface area contributed by atoms with Gasteiger partial charge in [0.25, 0.3) is 0 Å². The summed E-state index contributed by atoms with van der Waals surface area (Å²) in [5, 5.41) is 12.7. The van der Waals surface area contributed by atoms with E-state index in [0.29, 0.717) is 0 Å². The molecule has 3 nitrogen and oxygen atoms in total. The highest BCUT2D eigenvalue weighted by Crippen LogP contribution is 2.06. The van der Waals surface area contributed by atoms with Gasteiger partial charge in [-0.25, -0.2) is 0 Å². The molecule has 0 unspecified atom stereocenters. The monoisotopic (exact) mass is 155 g/mol. The fourth-order valence-corrected chi connectivity index (χ4v) is 0.885. The number of rotatable bonds is 3. The number of aliphatic hydroxyl groups excluding tert-OH is 1. The molecule has 0 fully saturated rings. The summed E-state index contributed by atoms with van der Waals surface area (Å²) in [4.78, 5) is 0. The summed E-state index contributed by atoms with van der Waals surface area (Å²) in [6.07, 6.45) is 1.23. The van der Waals surface area contributed by atoms with E-state index in [-0.39, 0.29) is 6.10 Å². The average molecular weight is 155 g/mol. The van der Waals surface area contributed by atoms with Crippen molar-refractivity contribution in [3.63, 3.8) is 0 Å². The van der Waals surface area contributed by atoms with Crippen LogP contribution in [0.3, 0.4) is 0 Å². The van der Waals surface area contributed by atoms with Crippen molar-refractivity contribution in [3.8, 4) is 0 Å². The second kappa shape index (κ2) is 3.53. The van der Waals surface area contributed by atoms with Crippen LogP contribution in [0.15, 0.2) is 10.6 Å². The van der Waals surface area contributed by atoms with Gasteiger partial charge in [-0.05, 0) is 20.3 Å². The number of hydrogen-bond donors (Lipinski definition) is 1. The summed E-state index contributed by atoms with van der Waals surface area (Å²) in [5.74, 6) is 0.850. The SMILES string of the molecule is Cc1cc(CC[C@H](C)O)on1. The van der Waals surface area contributed by atoms with Gasteiger partial charge in [0.05, 0.1) is 11.8 Å². The van der Waals surface area contributed by atoms with Gasteiger partial charge in [0, 0.05) is 12.5 Å². The summed E-state index contributed by atoms with van der Waals surface area (Å²) in [5.41, 5.74) is 0.894. The van der Waals surface area contributed by atoms with E-state index in [1.54, 1.807) is 6.92 Å². The Morgan fingerprint density at radius 1 is 1.73 bits per heavy atom. The molecule has 0 bridgehead atoms. The number of nitrogens with zero attached hydrogens (tertiary/aromatic N) is 1. The first kappa shape index (κ1) is 8.27. The maximum absolute atomic E-state index is 8.96. The highest BCUT2D eigenvalue weighted by Gasteiger charge is 2.02. The van der Waals surface area contributed by atoms with Crippen LogP contribution in [0.25, 0.3) is 0 Å². The minimum Gasteiger partial charge on any atom is -0.393 e. The lowest BCUT2D eigenvalue weighted by molar-refractivity contribution is 0.181. The predicted molar refractivity (Wildman–Crippen MR) is 41.2 cm³/mol. The number of hydrogen-bond acceptors (Lipinski definition) is 3. The van der Waals surface area contributed by atoms with E-state index in [1.807, 2.05) is 13.0 Å². The Morgan fingerprint density at radius 3 is 2.91 bits per heavy atom. The molecule has 0 spiro atoms. The molecule has 1 N–H and O–H groups in total. The maximum atomic E-state index is 8.96. The van der Waals surface area contributed by atoms with Crippen LogP contribution in [0.5, 0.6) is 0 Å². The molecule has 3 heteroatoms. The molecule has 0 aliphatic rings. The van der Waals surface area contributed by atoms with Crippen LogP contribution in [-0.2, 0) is 6.42 Å². The summed E-state index contributed by atoms with van der Waals surface area (Å²) in [7, 11) is 0. The lowest BCUT2D eigenvalue weighted by Crippen LogP contribution is -2.00. The largest absolute Gasteiger partial charge is 0.393 e. The third-order valence-electron chi connectivity index (χ3n) is 1.49. The molecule has 0 radical (unpaired) electrons. The molecule has 62 valence electrons. The van der Waals surface area contributed by atoms with Crippen molar-refractivity contribution in [2.45, 2.75) is 32.8 Å². The summed E-state index contributed by atoms with van der Waals surface area (Å²) in [6.45, 7) is 3.65. The quantitative estimate of drug-likeness (QED) is 0.715. The second-order valence-electron chi connectivity index (χ2n) is 2.82. The highest BCUT2D eigenvalue weighted by atomic mass is 16.5. The Balaban J connectivity index is 2.39. The van der Waals surface area contributed by atoms with Crippen LogP contribution in [0, 0.1) is 6.92 Å². The Kier molecular flexibility index (Phi) is 2.65. The van der Waals surface area contributed by atoms with Crippen molar-refractivity contribution in [1.29, 1.82) is 0 Å². The Morgan fingerprint density at radius 2 is 2.45 bits per heavy atom. The minimum absolute atomic E-state index is 0.264. The molecular formula is C8H13NO2. The fraction of sp³-hybridized carbons (Fsp3) is 0.625. The van der Waals surface area contributed by atoms with Gasteiger partial charge >= 0.3 is 0 Å². The van der Waals surface area contributed by atoms with E-state index in [1.165, 1.54) is 0 Å².